The van der Waals surface area contributed by atoms with Gasteiger partial charge in [-0.2, -0.15) is 15.5 Å². The van der Waals surface area contributed by atoms with Crippen LogP contribution in [0.1, 0.15) is 33.9 Å². The van der Waals surface area contributed by atoms with E-state index in [4.69, 9.17) is 4.74 Å². The summed E-state index contributed by atoms with van der Waals surface area (Å²) >= 11 is 0. The van der Waals surface area contributed by atoms with Crippen molar-refractivity contribution in [2.45, 2.75) is 19.4 Å². The number of rotatable bonds is 6. The maximum absolute atomic E-state index is 13.2. The Morgan fingerprint density at radius 3 is 2.78 bits per heavy atom. The number of nitriles is 1. The maximum atomic E-state index is 13.2. The monoisotopic (exact) mass is 495 g/mol. The van der Waals surface area contributed by atoms with Crippen molar-refractivity contribution < 1.29 is 14.3 Å². The van der Waals surface area contributed by atoms with Gasteiger partial charge in [0.25, 0.3) is 5.91 Å². The lowest BCUT2D eigenvalue weighted by Crippen LogP contribution is -2.29. The lowest BCUT2D eigenvalue weighted by atomic mass is 10.1. The molecule has 10 heteroatoms. The van der Waals surface area contributed by atoms with E-state index in [9.17, 15) is 14.9 Å². The highest BCUT2D eigenvalue weighted by molar-refractivity contribution is 6.00. The molecule has 0 saturated carbocycles. The van der Waals surface area contributed by atoms with E-state index in [1.165, 1.54) is 12.3 Å². The number of aryl methyl sites for hydroxylation is 1. The van der Waals surface area contributed by atoms with Crippen molar-refractivity contribution in [2.75, 3.05) is 25.5 Å². The first kappa shape index (κ1) is 23.8. The summed E-state index contributed by atoms with van der Waals surface area (Å²) in [4.78, 5) is 26.6. The van der Waals surface area contributed by atoms with Crippen molar-refractivity contribution in [1.29, 1.82) is 5.26 Å². The molecule has 0 spiro atoms. The molecule has 5 rings (SSSR count). The fourth-order valence-electron chi connectivity index (χ4n) is 4.61. The zero-order valence-electron chi connectivity index (χ0n) is 20.5. The first-order chi connectivity index (χ1) is 17.9. The van der Waals surface area contributed by atoms with Crippen LogP contribution >= 0.6 is 0 Å². The molecule has 186 valence electrons. The van der Waals surface area contributed by atoms with Gasteiger partial charge in [-0.25, -0.2) is 4.52 Å². The molecule has 3 aromatic heterocycles. The van der Waals surface area contributed by atoms with Crippen molar-refractivity contribution in [3.8, 4) is 22.9 Å². The number of carbonyl (C=O) groups excluding carboxylic acids is 2. The largest absolute Gasteiger partial charge is 0.494 e. The normalized spacial score (nSPS) is 14.9. The third-order valence-corrected chi connectivity index (χ3v) is 6.59. The SMILES string of the molecule is C=CC(=O)Nc1ccc(C(=O)N2CC[C@H](n3cc(-c4cc(OC)c5c(C#N)cnn5c4)cn3)C2)cc1C. The maximum Gasteiger partial charge on any atom is 0.253 e. The van der Waals surface area contributed by atoms with Crippen LogP contribution in [0.5, 0.6) is 5.75 Å². The number of benzene rings is 1. The fourth-order valence-corrected chi connectivity index (χ4v) is 4.61. The predicted octanol–water partition coefficient (Wildman–Crippen LogP) is 3.60. The number of ether oxygens (including phenoxy) is 1. The topological polar surface area (TPSA) is 118 Å². The van der Waals surface area contributed by atoms with E-state index in [2.05, 4.69) is 28.2 Å². The molecule has 4 heterocycles. The summed E-state index contributed by atoms with van der Waals surface area (Å²) in [6.07, 6.45) is 9.08. The van der Waals surface area contributed by atoms with Crippen molar-refractivity contribution in [3.63, 3.8) is 0 Å². The number of nitrogens with zero attached hydrogens (tertiary/aromatic N) is 6. The van der Waals surface area contributed by atoms with Crippen LogP contribution < -0.4 is 10.1 Å². The molecule has 0 aliphatic carbocycles. The average molecular weight is 496 g/mol. The molecule has 1 aliphatic heterocycles. The molecular formula is C27H25N7O3. The Kier molecular flexibility index (Phi) is 6.19. The number of carbonyl (C=O) groups is 2. The Balaban J connectivity index is 1.31. The summed E-state index contributed by atoms with van der Waals surface area (Å²) in [6.45, 7) is 6.47. The van der Waals surface area contributed by atoms with E-state index in [1.807, 2.05) is 35.0 Å². The van der Waals surface area contributed by atoms with Gasteiger partial charge in [0.2, 0.25) is 5.91 Å². The molecule has 1 atom stereocenters. The van der Waals surface area contributed by atoms with Gasteiger partial charge in [-0.15, -0.1) is 0 Å². The number of aromatic nitrogens is 4. The predicted molar refractivity (Wildman–Crippen MR) is 137 cm³/mol. The molecule has 1 N–H and O–H groups in total. The third kappa shape index (κ3) is 4.43. The summed E-state index contributed by atoms with van der Waals surface area (Å²) in [6, 6.07) is 9.30. The van der Waals surface area contributed by atoms with Crippen molar-refractivity contribution in [1.82, 2.24) is 24.3 Å². The number of methoxy groups -OCH3 is 1. The highest BCUT2D eigenvalue weighted by atomic mass is 16.5. The highest BCUT2D eigenvalue weighted by Gasteiger charge is 2.29. The minimum Gasteiger partial charge on any atom is -0.494 e. The van der Waals surface area contributed by atoms with Crippen LogP contribution in [0.4, 0.5) is 5.69 Å². The summed E-state index contributed by atoms with van der Waals surface area (Å²) in [5.74, 6) is 0.210. The standard InChI is InChI=1S/C27H25N7O3/c1-4-25(35)31-23-6-5-18(9-17(23)2)27(36)32-8-7-22(16-32)33-15-21(13-29-33)19-10-24(37-3)26-20(11-28)12-30-34(26)14-19/h4-6,9-10,12-15,22H,1,7-8,16H2,2-3H3,(H,31,35)/t22-/m0/s1. The molecule has 37 heavy (non-hydrogen) atoms. The van der Waals surface area contributed by atoms with Crippen LogP contribution in [0.15, 0.2) is 61.7 Å². The number of likely N-dealkylation sites (tertiary alicyclic amines) is 1. The van der Waals surface area contributed by atoms with Crippen LogP contribution in [0.3, 0.4) is 0 Å². The van der Waals surface area contributed by atoms with Gasteiger partial charge in [-0.3, -0.25) is 14.3 Å². The Labute approximate surface area is 213 Å². The summed E-state index contributed by atoms with van der Waals surface area (Å²) in [5, 5.41) is 20.9. The van der Waals surface area contributed by atoms with E-state index in [0.29, 0.717) is 41.2 Å². The first-order valence-electron chi connectivity index (χ1n) is 11.7. The molecule has 0 radical (unpaired) electrons. The zero-order chi connectivity index (χ0) is 26.1. The number of amides is 2. The molecule has 2 amide bonds. The van der Waals surface area contributed by atoms with Crippen molar-refractivity contribution >= 4 is 23.0 Å². The summed E-state index contributed by atoms with van der Waals surface area (Å²) < 4.78 is 9.04. The van der Waals surface area contributed by atoms with Crippen LogP contribution in [0.2, 0.25) is 0 Å². The quantitative estimate of drug-likeness (QED) is 0.409. The van der Waals surface area contributed by atoms with Gasteiger partial charge in [-0.05, 0) is 49.2 Å². The van der Waals surface area contributed by atoms with Crippen LogP contribution in [-0.2, 0) is 4.79 Å². The Morgan fingerprint density at radius 1 is 1.22 bits per heavy atom. The summed E-state index contributed by atoms with van der Waals surface area (Å²) in [7, 11) is 1.56. The molecule has 1 aliphatic rings. The summed E-state index contributed by atoms with van der Waals surface area (Å²) in [5.41, 5.74) is 4.84. The molecule has 1 aromatic carbocycles. The minimum absolute atomic E-state index is 0.0467. The molecule has 0 unspecified atom stereocenters. The smallest absolute Gasteiger partial charge is 0.253 e. The molecule has 1 saturated heterocycles. The van der Waals surface area contributed by atoms with E-state index in [-0.39, 0.29) is 17.9 Å². The second kappa shape index (κ2) is 9.62. The number of fused-ring (bicyclic) bond motifs is 1. The number of hydrogen-bond acceptors (Lipinski definition) is 6. The first-order valence-corrected chi connectivity index (χ1v) is 11.7. The van der Waals surface area contributed by atoms with Gasteiger partial charge in [0, 0.05) is 47.9 Å². The minimum atomic E-state index is -0.293. The van der Waals surface area contributed by atoms with Gasteiger partial charge in [0.05, 0.1) is 25.5 Å². The molecule has 4 aromatic rings. The zero-order valence-corrected chi connectivity index (χ0v) is 20.5. The molecular weight excluding hydrogens is 470 g/mol. The average Bonchev–Trinajstić information content (AvgIpc) is 3.68. The fraction of sp³-hybridized carbons (Fsp3) is 0.222. The van der Waals surface area contributed by atoms with E-state index in [1.54, 1.807) is 36.0 Å². The van der Waals surface area contributed by atoms with E-state index in [0.717, 1.165) is 23.1 Å². The van der Waals surface area contributed by atoms with Crippen LogP contribution in [-0.4, -0.2) is 56.3 Å². The Morgan fingerprint density at radius 2 is 2.05 bits per heavy atom. The number of pyridine rings is 1. The van der Waals surface area contributed by atoms with Gasteiger partial charge < -0.3 is 15.0 Å². The van der Waals surface area contributed by atoms with Gasteiger partial charge in [0.15, 0.2) is 0 Å². The van der Waals surface area contributed by atoms with Crippen molar-refractivity contribution in [3.05, 3.63) is 78.4 Å². The van der Waals surface area contributed by atoms with Gasteiger partial charge in [0.1, 0.15) is 22.9 Å². The molecule has 1 fully saturated rings. The molecule has 0 bridgehead atoms. The number of hydrogen-bond donors (Lipinski definition) is 1. The van der Waals surface area contributed by atoms with E-state index >= 15 is 0 Å². The van der Waals surface area contributed by atoms with Gasteiger partial charge >= 0.3 is 0 Å². The second-order valence-electron chi connectivity index (χ2n) is 8.89. The lowest BCUT2D eigenvalue weighted by Gasteiger charge is -2.18. The van der Waals surface area contributed by atoms with Crippen LogP contribution in [0, 0.1) is 18.3 Å². The Bertz CT molecular complexity index is 1580. The van der Waals surface area contributed by atoms with E-state index < -0.39 is 0 Å². The second-order valence-corrected chi connectivity index (χ2v) is 8.89. The molecule has 10 nitrogen and oxygen atoms in total. The highest BCUT2D eigenvalue weighted by Crippen LogP contribution is 2.31. The van der Waals surface area contributed by atoms with Gasteiger partial charge in [-0.1, -0.05) is 6.58 Å². The van der Waals surface area contributed by atoms with Crippen molar-refractivity contribution in [2.24, 2.45) is 0 Å². The lowest BCUT2D eigenvalue weighted by molar-refractivity contribution is -0.111. The number of nitrogens with one attached hydrogen (secondary N) is 1. The Hall–Kier alpha value is -4.91. The third-order valence-electron chi connectivity index (χ3n) is 6.59. The number of anilines is 1. The van der Waals surface area contributed by atoms with Crippen LogP contribution in [0.25, 0.3) is 16.6 Å².